The van der Waals surface area contributed by atoms with Gasteiger partial charge in [0, 0.05) is 29.9 Å². The number of hydrogen-bond donors (Lipinski definition) is 1. The van der Waals surface area contributed by atoms with Gasteiger partial charge in [0.1, 0.15) is 0 Å². The van der Waals surface area contributed by atoms with Crippen molar-refractivity contribution in [1.29, 1.82) is 0 Å². The average Bonchev–Trinajstić information content (AvgIpc) is 2.86. The van der Waals surface area contributed by atoms with Gasteiger partial charge in [0.15, 0.2) is 0 Å². The molecule has 0 amide bonds. The summed E-state index contributed by atoms with van der Waals surface area (Å²) in [5, 5.41) is 9.15. The number of thiazole rings is 1. The average molecular weight is 238 g/mol. The van der Waals surface area contributed by atoms with E-state index in [2.05, 4.69) is 16.8 Å². The fraction of sp³-hybridized carbons (Fsp3) is 0.636. The van der Waals surface area contributed by atoms with Gasteiger partial charge in [-0.2, -0.15) is 0 Å². The van der Waals surface area contributed by atoms with Crippen molar-refractivity contribution in [1.82, 2.24) is 9.88 Å². The van der Waals surface area contributed by atoms with Crippen molar-refractivity contribution in [3.63, 3.8) is 0 Å². The number of carbonyl (C=O) groups is 1. The number of aromatic carboxylic acids is 1. The lowest BCUT2D eigenvalue weighted by atomic mass is 10.1. The first-order valence-corrected chi connectivity index (χ1v) is 6.37. The molecule has 0 radical (unpaired) electrons. The minimum atomic E-state index is -0.899. The zero-order valence-electron chi connectivity index (χ0n) is 9.19. The van der Waals surface area contributed by atoms with Crippen LogP contribution in [-0.2, 0) is 13.0 Å². The molecule has 2 heterocycles. The first-order valence-electron chi connectivity index (χ1n) is 5.55. The summed E-state index contributed by atoms with van der Waals surface area (Å²) in [5.41, 5.74) is 1.38. The third-order valence-corrected chi connectivity index (χ3v) is 4.72. The zero-order chi connectivity index (χ0) is 11.3. The van der Waals surface area contributed by atoms with Crippen LogP contribution in [0.2, 0.25) is 0 Å². The van der Waals surface area contributed by atoms with E-state index >= 15 is 0 Å². The standard InChI is InChI=1S/C11H14N2O2S/c1-11(3-4-11)13-5-2-7-8(6-13)16-9(12-7)10(14)15/h2-6H2,1H3,(H,14,15). The van der Waals surface area contributed by atoms with E-state index in [1.807, 2.05) is 0 Å². The Morgan fingerprint density at radius 1 is 1.56 bits per heavy atom. The largest absolute Gasteiger partial charge is 0.476 e. The smallest absolute Gasteiger partial charge is 0.365 e. The Morgan fingerprint density at radius 3 is 2.94 bits per heavy atom. The van der Waals surface area contributed by atoms with Crippen molar-refractivity contribution in [2.24, 2.45) is 0 Å². The Morgan fingerprint density at radius 2 is 2.31 bits per heavy atom. The summed E-state index contributed by atoms with van der Waals surface area (Å²) < 4.78 is 0. The topological polar surface area (TPSA) is 53.4 Å². The van der Waals surface area contributed by atoms with Crippen molar-refractivity contribution in [3.8, 4) is 0 Å². The monoisotopic (exact) mass is 238 g/mol. The van der Waals surface area contributed by atoms with Crippen LogP contribution >= 0.6 is 11.3 Å². The van der Waals surface area contributed by atoms with E-state index < -0.39 is 5.97 Å². The number of fused-ring (bicyclic) bond motifs is 1. The molecule has 2 aliphatic rings. The third kappa shape index (κ3) is 1.55. The normalized spacial score (nSPS) is 22.8. The molecule has 1 saturated carbocycles. The minimum Gasteiger partial charge on any atom is -0.476 e. The van der Waals surface area contributed by atoms with Crippen molar-refractivity contribution in [2.45, 2.75) is 38.3 Å². The van der Waals surface area contributed by atoms with Crippen LogP contribution in [-0.4, -0.2) is 33.0 Å². The molecule has 0 aromatic carbocycles. The number of nitrogens with zero attached hydrogens (tertiary/aromatic N) is 2. The second-order valence-corrected chi connectivity index (χ2v) is 5.95. The van der Waals surface area contributed by atoms with Gasteiger partial charge in [0.25, 0.3) is 0 Å². The summed E-state index contributed by atoms with van der Waals surface area (Å²) in [6.07, 6.45) is 3.44. The molecule has 0 spiro atoms. The van der Waals surface area contributed by atoms with Crippen LogP contribution in [0.5, 0.6) is 0 Å². The van der Waals surface area contributed by atoms with Crippen LogP contribution in [0.25, 0.3) is 0 Å². The van der Waals surface area contributed by atoms with Gasteiger partial charge in [-0.25, -0.2) is 9.78 Å². The Labute approximate surface area is 97.9 Å². The van der Waals surface area contributed by atoms with Crippen molar-refractivity contribution < 1.29 is 9.90 Å². The minimum absolute atomic E-state index is 0.243. The van der Waals surface area contributed by atoms with Crippen LogP contribution in [0.15, 0.2) is 0 Å². The lowest BCUT2D eigenvalue weighted by Gasteiger charge is -2.31. The third-order valence-electron chi connectivity index (χ3n) is 3.65. The molecule has 1 fully saturated rings. The van der Waals surface area contributed by atoms with E-state index in [1.54, 1.807) is 0 Å². The Bertz CT molecular complexity index is 451. The predicted molar refractivity (Wildman–Crippen MR) is 60.8 cm³/mol. The van der Waals surface area contributed by atoms with Crippen molar-refractivity contribution >= 4 is 17.3 Å². The summed E-state index contributed by atoms with van der Waals surface area (Å²) in [4.78, 5) is 18.6. The summed E-state index contributed by atoms with van der Waals surface area (Å²) in [6, 6.07) is 0. The molecule has 5 heteroatoms. The van der Waals surface area contributed by atoms with Crippen LogP contribution in [0.1, 0.15) is 40.1 Å². The summed E-state index contributed by atoms with van der Waals surface area (Å²) in [7, 11) is 0. The quantitative estimate of drug-likeness (QED) is 0.853. The number of carboxylic acids is 1. The molecule has 1 aromatic heterocycles. The molecule has 3 rings (SSSR count). The van der Waals surface area contributed by atoms with Gasteiger partial charge in [-0.3, -0.25) is 4.90 Å². The number of hydrogen-bond acceptors (Lipinski definition) is 4. The highest BCUT2D eigenvalue weighted by atomic mass is 32.1. The van der Waals surface area contributed by atoms with Crippen molar-refractivity contribution in [2.75, 3.05) is 6.54 Å². The lowest BCUT2D eigenvalue weighted by Crippen LogP contribution is -2.38. The molecule has 1 aliphatic heterocycles. The molecular formula is C11H14N2O2S. The first kappa shape index (κ1) is 10.2. The highest BCUT2D eigenvalue weighted by Crippen LogP contribution is 2.43. The van der Waals surface area contributed by atoms with Gasteiger partial charge >= 0.3 is 5.97 Å². The highest BCUT2D eigenvalue weighted by molar-refractivity contribution is 7.13. The fourth-order valence-electron chi connectivity index (χ4n) is 2.24. The summed E-state index contributed by atoms with van der Waals surface area (Å²) in [6.45, 7) is 4.19. The maximum Gasteiger partial charge on any atom is 0.365 e. The van der Waals surface area contributed by atoms with Gasteiger partial charge in [0.2, 0.25) is 5.01 Å². The zero-order valence-corrected chi connectivity index (χ0v) is 10.0. The Hall–Kier alpha value is -0.940. The lowest BCUT2D eigenvalue weighted by molar-refractivity contribution is 0.0696. The predicted octanol–water partition coefficient (Wildman–Crippen LogP) is 1.75. The van der Waals surface area contributed by atoms with E-state index in [0.29, 0.717) is 5.54 Å². The molecule has 0 bridgehead atoms. The number of carboxylic acid groups (broad SMARTS) is 1. The second kappa shape index (κ2) is 3.28. The highest BCUT2D eigenvalue weighted by Gasteiger charge is 2.44. The molecular weight excluding hydrogens is 224 g/mol. The molecule has 1 aromatic rings. The Balaban J connectivity index is 1.85. The number of rotatable bonds is 2. The fourth-order valence-corrected chi connectivity index (χ4v) is 3.21. The van der Waals surface area contributed by atoms with Crippen LogP contribution < -0.4 is 0 Å². The molecule has 1 N–H and O–H groups in total. The molecule has 16 heavy (non-hydrogen) atoms. The molecule has 1 aliphatic carbocycles. The molecule has 86 valence electrons. The van der Waals surface area contributed by atoms with Gasteiger partial charge in [0.05, 0.1) is 5.69 Å². The molecule has 0 atom stereocenters. The Kier molecular flexibility index (Phi) is 2.09. The summed E-state index contributed by atoms with van der Waals surface area (Å²) >= 11 is 1.34. The van der Waals surface area contributed by atoms with Crippen molar-refractivity contribution in [3.05, 3.63) is 15.6 Å². The van der Waals surface area contributed by atoms with Gasteiger partial charge in [-0.05, 0) is 19.8 Å². The van der Waals surface area contributed by atoms with Crippen LogP contribution in [0.3, 0.4) is 0 Å². The van der Waals surface area contributed by atoms with E-state index in [4.69, 9.17) is 5.11 Å². The SMILES string of the molecule is CC1(N2CCc3nc(C(=O)O)sc3C2)CC1. The van der Waals surface area contributed by atoms with Gasteiger partial charge in [-0.15, -0.1) is 11.3 Å². The number of aromatic nitrogens is 1. The first-order chi connectivity index (χ1) is 7.58. The van der Waals surface area contributed by atoms with Crippen LogP contribution in [0, 0.1) is 0 Å². The molecule has 0 unspecified atom stereocenters. The maximum atomic E-state index is 10.8. The maximum absolute atomic E-state index is 10.8. The molecule has 0 saturated heterocycles. The van der Waals surface area contributed by atoms with E-state index in [-0.39, 0.29) is 5.01 Å². The van der Waals surface area contributed by atoms with Gasteiger partial charge < -0.3 is 5.11 Å². The summed E-state index contributed by atoms with van der Waals surface area (Å²) in [5.74, 6) is -0.899. The molecule has 4 nitrogen and oxygen atoms in total. The van der Waals surface area contributed by atoms with Gasteiger partial charge in [-0.1, -0.05) is 0 Å². The van der Waals surface area contributed by atoms with E-state index in [0.717, 1.165) is 30.1 Å². The van der Waals surface area contributed by atoms with Crippen LogP contribution in [0.4, 0.5) is 0 Å². The second-order valence-electron chi connectivity index (χ2n) is 4.86. The van der Waals surface area contributed by atoms with E-state index in [9.17, 15) is 4.79 Å². The van der Waals surface area contributed by atoms with E-state index in [1.165, 1.54) is 24.2 Å².